The third kappa shape index (κ3) is 3.26. The highest BCUT2D eigenvalue weighted by Gasteiger charge is 2.30. The van der Waals surface area contributed by atoms with Crippen LogP contribution in [-0.2, 0) is 19.8 Å². The first-order valence-electron chi connectivity index (χ1n) is 4.53. The van der Waals surface area contributed by atoms with Gasteiger partial charge in [0, 0.05) is 6.54 Å². The third-order valence-corrected chi connectivity index (χ3v) is 3.30. The highest BCUT2D eigenvalue weighted by Crippen LogP contribution is 2.01. The first kappa shape index (κ1) is 12.1. The van der Waals surface area contributed by atoms with Crippen LogP contribution in [0.3, 0.4) is 0 Å². The van der Waals surface area contributed by atoms with E-state index in [1.54, 1.807) is 0 Å². The molecule has 0 radical (unpaired) electrons. The van der Waals surface area contributed by atoms with Crippen molar-refractivity contribution in [3.63, 3.8) is 0 Å². The van der Waals surface area contributed by atoms with E-state index in [-0.39, 0.29) is 19.6 Å². The normalized spacial score (nSPS) is 19.0. The zero-order valence-electron chi connectivity index (χ0n) is 8.32. The summed E-state index contributed by atoms with van der Waals surface area (Å²) in [5, 5.41) is 2.03. The summed E-state index contributed by atoms with van der Waals surface area (Å²) in [4.78, 5) is 21.9. The second-order valence-corrected chi connectivity index (χ2v) is 4.89. The van der Waals surface area contributed by atoms with E-state index in [0.717, 1.165) is 4.31 Å². The van der Waals surface area contributed by atoms with Crippen molar-refractivity contribution >= 4 is 22.0 Å². The van der Waals surface area contributed by atoms with E-state index in [4.69, 9.17) is 0 Å². The molecule has 1 fully saturated rings. The number of nitrogens with one attached hydrogen (secondary N) is 2. The lowest BCUT2D eigenvalue weighted by Crippen LogP contribution is -2.55. The average molecular weight is 235 g/mol. The zero-order valence-corrected chi connectivity index (χ0v) is 9.13. The topological polar surface area (TPSA) is 95.6 Å². The molecule has 7 nitrogen and oxygen atoms in total. The molecule has 0 saturated carbocycles. The minimum absolute atomic E-state index is 0.286. The van der Waals surface area contributed by atoms with Gasteiger partial charge in [0.1, 0.15) is 0 Å². The zero-order chi connectivity index (χ0) is 11.5. The predicted molar refractivity (Wildman–Crippen MR) is 51.9 cm³/mol. The Morgan fingerprint density at radius 1 is 1.33 bits per heavy atom. The molecule has 2 amide bonds. The molecule has 0 aromatic heterocycles. The quantitative estimate of drug-likeness (QED) is 0.561. The third-order valence-electron chi connectivity index (χ3n) is 1.79. The van der Waals surface area contributed by atoms with Crippen LogP contribution in [0.25, 0.3) is 0 Å². The number of amides is 2. The monoisotopic (exact) mass is 235 g/mol. The van der Waals surface area contributed by atoms with E-state index >= 15 is 0 Å². The van der Waals surface area contributed by atoms with Crippen molar-refractivity contribution in [2.75, 3.05) is 19.6 Å². The van der Waals surface area contributed by atoms with E-state index in [9.17, 15) is 18.0 Å². The van der Waals surface area contributed by atoms with Gasteiger partial charge in [-0.1, -0.05) is 6.92 Å². The summed E-state index contributed by atoms with van der Waals surface area (Å²) < 4.78 is 26.1. The SMILES string of the molecule is CCCNS(=O)(=O)N1CC(=O)NC(=O)C1. The second kappa shape index (κ2) is 4.69. The molecule has 0 aliphatic carbocycles. The molecule has 0 spiro atoms. The first-order chi connectivity index (χ1) is 6.95. The summed E-state index contributed by atoms with van der Waals surface area (Å²) in [7, 11) is -3.71. The lowest BCUT2D eigenvalue weighted by molar-refractivity contribution is -0.134. The van der Waals surface area contributed by atoms with Crippen LogP contribution in [0.5, 0.6) is 0 Å². The molecular formula is C7H13N3O4S. The largest absolute Gasteiger partial charge is 0.294 e. The molecule has 2 N–H and O–H groups in total. The molecule has 0 aromatic rings. The summed E-state index contributed by atoms with van der Waals surface area (Å²) >= 11 is 0. The van der Waals surface area contributed by atoms with Crippen LogP contribution in [0.4, 0.5) is 0 Å². The molecule has 0 unspecified atom stereocenters. The summed E-state index contributed by atoms with van der Waals surface area (Å²) in [6, 6.07) is 0. The van der Waals surface area contributed by atoms with E-state index in [2.05, 4.69) is 4.72 Å². The summed E-state index contributed by atoms with van der Waals surface area (Å²) in [6.07, 6.45) is 0.646. The van der Waals surface area contributed by atoms with Crippen LogP contribution in [0, 0.1) is 0 Å². The Balaban J connectivity index is 2.70. The van der Waals surface area contributed by atoms with Crippen molar-refractivity contribution in [2.45, 2.75) is 13.3 Å². The van der Waals surface area contributed by atoms with Crippen molar-refractivity contribution < 1.29 is 18.0 Å². The Hall–Kier alpha value is -0.990. The smallest absolute Gasteiger partial charge is 0.280 e. The van der Waals surface area contributed by atoms with Gasteiger partial charge in [-0.15, -0.1) is 0 Å². The van der Waals surface area contributed by atoms with Gasteiger partial charge in [-0.2, -0.15) is 12.7 Å². The molecule has 1 heterocycles. The van der Waals surface area contributed by atoms with Crippen LogP contribution in [0.2, 0.25) is 0 Å². The minimum atomic E-state index is -3.71. The number of piperazine rings is 1. The van der Waals surface area contributed by atoms with Gasteiger partial charge in [0.05, 0.1) is 13.1 Å². The van der Waals surface area contributed by atoms with Crippen LogP contribution in [-0.4, -0.2) is 44.2 Å². The fourth-order valence-electron chi connectivity index (χ4n) is 1.10. The molecule has 1 saturated heterocycles. The Kier molecular flexibility index (Phi) is 3.77. The lowest BCUT2D eigenvalue weighted by atomic mass is 10.4. The summed E-state index contributed by atoms with van der Waals surface area (Å²) in [5.74, 6) is -1.21. The molecule has 1 aliphatic heterocycles. The van der Waals surface area contributed by atoms with Crippen molar-refractivity contribution in [2.24, 2.45) is 0 Å². The maximum Gasteiger partial charge on any atom is 0.280 e. The molecule has 86 valence electrons. The second-order valence-electron chi connectivity index (χ2n) is 3.14. The molecule has 0 bridgehead atoms. The number of nitrogens with zero attached hydrogens (tertiary/aromatic N) is 1. The minimum Gasteiger partial charge on any atom is -0.294 e. The molecule has 0 atom stereocenters. The van der Waals surface area contributed by atoms with Gasteiger partial charge in [0.25, 0.3) is 10.2 Å². The van der Waals surface area contributed by atoms with Crippen molar-refractivity contribution in [3.8, 4) is 0 Å². The Bertz CT molecular complexity index is 348. The van der Waals surface area contributed by atoms with Gasteiger partial charge in [0.2, 0.25) is 11.8 Å². The standard InChI is InChI=1S/C7H13N3O4S/c1-2-3-8-15(13,14)10-4-6(11)9-7(12)5-10/h8H,2-5H2,1H3,(H,9,11,12). The van der Waals surface area contributed by atoms with E-state index in [1.807, 2.05) is 12.2 Å². The Morgan fingerprint density at radius 2 is 1.87 bits per heavy atom. The van der Waals surface area contributed by atoms with Crippen LogP contribution in [0.15, 0.2) is 0 Å². The average Bonchev–Trinajstić information content (AvgIpc) is 2.13. The van der Waals surface area contributed by atoms with Gasteiger partial charge >= 0.3 is 0 Å². The molecule has 1 rings (SSSR count). The first-order valence-corrected chi connectivity index (χ1v) is 5.97. The van der Waals surface area contributed by atoms with Crippen LogP contribution in [0.1, 0.15) is 13.3 Å². The number of hydrogen-bond donors (Lipinski definition) is 2. The van der Waals surface area contributed by atoms with Gasteiger partial charge in [0.15, 0.2) is 0 Å². The maximum atomic E-state index is 11.5. The van der Waals surface area contributed by atoms with Crippen LogP contribution >= 0.6 is 0 Å². The van der Waals surface area contributed by atoms with Crippen LogP contribution < -0.4 is 10.0 Å². The molecule has 1 aliphatic rings. The maximum absolute atomic E-state index is 11.5. The van der Waals surface area contributed by atoms with Gasteiger partial charge in [-0.3, -0.25) is 14.9 Å². The molecule has 15 heavy (non-hydrogen) atoms. The fourth-order valence-corrected chi connectivity index (χ4v) is 2.32. The van der Waals surface area contributed by atoms with E-state index < -0.39 is 22.0 Å². The van der Waals surface area contributed by atoms with Gasteiger partial charge < -0.3 is 0 Å². The summed E-state index contributed by atoms with van der Waals surface area (Å²) in [6.45, 7) is 1.47. The Labute approximate surface area is 88.0 Å². The lowest BCUT2D eigenvalue weighted by Gasteiger charge is -2.24. The van der Waals surface area contributed by atoms with Crippen molar-refractivity contribution in [1.82, 2.24) is 14.3 Å². The fraction of sp³-hybridized carbons (Fsp3) is 0.714. The molecule has 8 heteroatoms. The highest BCUT2D eigenvalue weighted by atomic mass is 32.2. The van der Waals surface area contributed by atoms with Crippen molar-refractivity contribution in [1.29, 1.82) is 0 Å². The van der Waals surface area contributed by atoms with E-state index in [1.165, 1.54) is 0 Å². The Morgan fingerprint density at radius 3 is 2.33 bits per heavy atom. The number of rotatable bonds is 4. The van der Waals surface area contributed by atoms with Gasteiger partial charge in [-0.05, 0) is 6.42 Å². The van der Waals surface area contributed by atoms with Crippen molar-refractivity contribution in [3.05, 3.63) is 0 Å². The number of imide groups is 1. The van der Waals surface area contributed by atoms with Gasteiger partial charge in [-0.25, -0.2) is 4.72 Å². The predicted octanol–water partition coefficient (Wildman–Crippen LogP) is -1.81. The number of hydrogen-bond acceptors (Lipinski definition) is 4. The molecular weight excluding hydrogens is 222 g/mol. The number of carbonyl (C=O) groups excluding carboxylic acids is 2. The molecule has 0 aromatic carbocycles. The highest BCUT2D eigenvalue weighted by molar-refractivity contribution is 7.87. The number of carbonyl (C=O) groups is 2. The van der Waals surface area contributed by atoms with E-state index in [0.29, 0.717) is 6.42 Å². The summed E-state index contributed by atoms with van der Waals surface area (Å²) in [5.41, 5.74) is 0.